The Labute approximate surface area is 195 Å². The Morgan fingerprint density at radius 3 is 2.21 bits per heavy atom. The van der Waals surface area contributed by atoms with Crippen molar-refractivity contribution in [2.75, 3.05) is 19.5 Å². The summed E-state index contributed by atoms with van der Waals surface area (Å²) in [5, 5.41) is 16.1. The summed E-state index contributed by atoms with van der Waals surface area (Å²) in [5.41, 5.74) is 4.24. The molecule has 9 nitrogen and oxygen atoms in total. The van der Waals surface area contributed by atoms with E-state index in [0.717, 1.165) is 16.8 Å². The molecule has 0 saturated heterocycles. The van der Waals surface area contributed by atoms with Gasteiger partial charge in [-0.1, -0.05) is 12.1 Å². The smallest absolute Gasteiger partial charge is 0.255 e. The quantitative estimate of drug-likeness (QED) is 0.413. The van der Waals surface area contributed by atoms with Gasteiger partial charge in [-0.25, -0.2) is 0 Å². The largest absolute Gasteiger partial charge is 0.497 e. The monoisotopic (exact) mass is 452 g/mol. The summed E-state index contributed by atoms with van der Waals surface area (Å²) in [5.74, 6) is 1.45. The highest BCUT2D eigenvalue weighted by Gasteiger charge is 2.12. The van der Waals surface area contributed by atoms with E-state index in [1.807, 2.05) is 48.5 Å². The van der Waals surface area contributed by atoms with Crippen molar-refractivity contribution in [1.82, 2.24) is 24.8 Å². The highest BCUT2D eigenvalue weighted by molar-refractivity contribution is 6.04. The lowest BCUT2D eigenvalue weighted by molar-refractivity contribution is 0.102. The molecule has 168 valence electrons. The third-order valence-electron chi connectivity index (χ3n) is 5.25. The molecule has 0 aliphatic rings. The van der Waals surface area contributed by atoms with Crippen LogP contribution in [-0.2, 0) is 0 Å². The summed E-state index contributed by atoms with van der Waals surface area (Å²) < 4.78 is 12.2. The summed E-state index contributed by atoms with van der Waals surface area (Å²) in [4.78, 5) is 16.8. The molecule has 0 spiro atoms. The van der Waals surface area contributed by atoms with Gasteiger partial charge in [0, 0.05) is 40.8 Å². The number of pyridine rings is 1. The number of rotatable bonds is 6. The number of nitrogens with zero attached hydrogens (tertiary/aromatic N) is 5. The Morgan fingerprint density at radius 1 is 0.824 bits per heavy atom. The van der Waals surface area contributed by atoms with Crippen LogP contribution in [0, 0.1) is 0 Å². The minimum Gasteiger partial charge on any atom is -0.497 e. The number of anilines is 1. The molecule has 2 aromatic carbocycles. The topological polar surface area (TPSA) is 104 Å². The zero-order valence-corrected chi connectivity index (χ0v) is 18.5. The number of hydrogen-bond donors (Lipinski definition) is 1. The summed E-state index contributed by atoms with van der Waals surface area (Å²) in [6.07, 6.45) is 3.41. The number of amides is 1. The zero-order valence-electron chi connectivity index (χ0n) is 18.5. The first-order valence-electron chi connectivity index (χ1n) is 10.4. The fourth-order valence-corrected chi connectivity index (χ4v) is 3.49. The molecule has 3 aromatic heterocycles. The van der Waals surface area contributed by atoms with Crippen molar-refractivity contribution < 1.29 is 14.3 Å². The number of fused-ring (bicyclic) bond motifs is 1. The van der Waals surface area contributed by atoms with Crippen LogP contribution in [0.2, 0.25) is 0 Å². The SMILES string of the molecule is COc1cc(OC)cc(C(=O)Nc2ccc(-c3ccc4nnc(-c5ccncc5)n4n3)cc2)c1. The van der Waals surface area contributed by atoms with E-state index in [2.05, 4.69) is 20.5 Å². The zero-order chi connectivity index (χ0) is 23.5. The van der Waals surface area contributed by atoms with Gasteiger partial charge in [0.05, 0.1) is 19.9 Å². The van der Waals surface area contributed by atoms with Gasteiger partial charge in [0.1, 0.15) is 11.5 Å². The summed E-state index contributed by atoms with van der Waals surface area (Å²) in [6.45, 7) is 0. The van der Waals surface area contributed by atoms with Crippen LogP contribution in [-0.4, -0.2) is 44.9 Å². The molecule has 0 bridgehead atoms. The Hall–Kier alpha value is -4.79. The fourth-order valence-electron chi connectivity index (χ4n) is 3.49. The summed E-state index contributed by atoms with van der Waals surface area (Å²) in [7, 11) is 3.08. The number of carbonyl (C=O) groups excluding carboxylic acids is 1. The molecular weight excluding hydrogens is 432 g/mol. The first-order valence-corrected chi connectivity index (χ1v) is 10.4. The van der Waals surface area contributed by atoms with Crippen LogP contribution in [0.4, 0.5) is 5.69 Å². The number of methoxy groups -OCH3 is 2. The van der Waals surface area contributed by atoms with Gasteiger partial charge in [-0.05, 0) is 48.5 Å². The van der Waals surface area contributed by atoms with E-state index >= 15 is 0 Å². The first kappa shape index (κ1) is 21.1. The van der Waals surface area contributed by atoms with Gasteiger partial charge in [-0.15, -0.1) is 10.2 Å². The van der Waals surface area contributed by atoms with Crippen LogP contribution < -0.4 is 14.8 Å². The molecule has 34 heavy (non-hydrogen) atoms. The number of hydrogen-bond acceptors (Lipinski definition) is 7. The Morgan fingerprint density at radius 2 is 1.53 bits per heavy atom. The normalized spacial score (nSPS) is 10.8. The maximum Gasteiger partial charge on any atom is 0.255 e. The molecular formula is C25H20N6O3. The van der Waals surface area contributed by atoms with Gasteiger partial charge >= 0.3 is 0 Å². The van der Waals surface area contributed by atoms with Crippen LogP contribution in [0.25, 0.3) is 28.3 Å². The molecule has 1 N–H and O–H groups in total. The lowest BCUT2D eigenvalue weighted by atomic mass is 10.1. The Kier molecular flexibility index (Phi) is 5.57. The van der Waals surface area contributed by atoms with E-state index < -0.39 is 0 Å². The van der Waals surface area contributed by atoms with Gasteiger partial charge in [-0.3, -0.25) is 9.78 Å². The van der Waals surface area contributed by atoms with Crippen molar-refractivity contribution in [3.05, 3.63) is 84.7 Å². The van der Waals surface area contributed by atoms with Crippen molar-refractivity contribution in [3.63, 3.8) is 0 Å². The standard InChI is InChI=1S/C25H20N6O3/c1-33-20-13-18(14-21(15-20)34-2)25(32)27-19-5-3-16(4-6-19)22-7-8-23-28-29-24(31(23)30-22)17-9-11-26-12-10-17/h3-15H,1-2H3,(H,27,32). The average molecular weight is 452 g/mol. The third kappa shape index (κ3) is 4.14. The molecule has 5 rings (SSSR count). The van der Waals surface area contributed by atoms with E-state index in [9.17, 15) is 4.79 Å². The Bertz CT molecular complexity index is 1440. The Balaban J connectivity index is 1.39. The van der Waals surface area contributed by atoms with Crippen LogP contribution in [0.1, 0.15) is 10.4 Å². The summed E-state index contributed by atoms with van der Waals surface area (Å²) >= 11 is 0. The highest BCUT2D eigenvalue weighted by Crippen LogP contribution is 2.25. The van der Waals surface area contributed by atoms with E-state index in [-0.39, 0.29) is 5.91 Å². The van der Waals surface area contributed by atoms with Gasteiger partial charge in [0.2, 0.25) is 0 Å². The number of ether oxygens (including phenoxy) is 2. The van der Waals surface area contributed by atoms with Gasteiger partial charge < -0.3 is 14.8 Å². The van der Waals surface area contributed by atoms with Crippen LogP contribution in [0.15, 0.2) is 79.1 Å². The molecule has 0 radical (unpaired) electrons. The van der Waals surface area contributed by atoms with Crippen LogP contribution >= 0.6 is 0 Å². The van der Waals surface area contributed by atoms with E-state index in [1.54, 1.807) is 49.3 Å². The third-order valence-corrected chi connectivity index (χ3v) is 5.25. The molecule has 0 unspecified atom stereocenters. The molecule has 3 heterocycles. The number of benzene rings is 2. The number of nitrogens with one attached hydrogen (secondary N) is 1. The van der Waals surface area contributed by atoms with Gasteiger partial charge in [-0.2, -0.15) is 9.61 Å². The second kappa shape index (κ2) is 8.99. The minimum atomic E-state index is -0.268. The van der Waals surface area contributed by atoms with Crippen LogP contribution in [0.3, 0.4) is 0 Å². The number of aromatic nitrogens is 5. The second-order valence-electron chi connectivity index (χ2n) is 7.38. The van der Waals surface area contributed by atoms with E-state index in [0.29, 0.717) is 34.2 Å². The van der Waals surface area contributed by atoms with E-state index in [1.165, 1.54) is 0 Å². The maximum atomic E-state index is 12.7. The van der Waals surface area contributed by atoms with Gasteiger partial charge in [0.15, 0.2) is 11.5 Å². The molecule has 1 amide bonds. The lowest BCUT2D eigenvalue weighted by Crippen LogP contribution is -2.12. The number of carbonyl (C=O) groups is 1. The van der Waals surface area contributed by atoms with Crippen molar-refractivity contribution in [2.45, 2.75) is 0 Å². The van der Waals surface area contributed by atoms with Gasteiger partial charge in [0.25, 0.3) is 5.91 Å². The van der Waals surface area contributed by atoms with Crippen molar-refractivity contribution >= 4 is 17.2 Å². The fraction of sp³-hybridized carbons (Fsp3) is 0.0800. The molecule has 0 atom stereocenters. The predicted octanol–water partition coefficient (Wildman–Crippen LogP) is 4.12. The molecule has 0 saturated carbocycles. The summed E-state index contributed by atoms with van der Waals surface area (Å²) in [6, 6.07) is 19.9. The molecule has 0 aliphatic heterocycles. The molecule has 9 heteroatoms. The predicted molar refractivity (Wildman–Crippen MR) is 127 cm³/mol. The van der Waals surface area contributed by atoms with Crippen molar-refractivity contribution in [2.24, 2.45) is 0 Å². The first-order chi connectivity index (χ1) is 16.6. The molecule has 0 fully saturated rings. The van der Waals surface area contributed by atoms with Crippen molar-refractivity contribution in [3.8, 4) is 34.1 Å². The van der Waals surface area contributed by atoms with E-state index in [4.69, 9.17) is 14.6 Å². The molecule has 5 aromatic rings. The average Bonchev–Trinajstić information content (AvgIpc) is 3.32. The van der Waals surface area contributed by atoms with Crippen LogP contribution in [0.5, 0.6) is 11.5 Å². The maximum absolute atomic E-state index is 12.7. The second-order valence-corrected chi connectivity index (χ2v) is 7.38. The lowest BCUT2D eigenvalue weighted by Gasteiger charge is -2.10. The highest BCUT2D eigenvalue weighted by atomic mass is 16.5. The molecule has 0 aliphatic carbocycles. The minimum absolute atomic E-state index is 0.268. The van der Waals surface area contributed by atoms with Crippen molar-refractivity contribution in [1.29, 1.82) is 0 Å².